The summed E-state index contributed by atoms with van der Waals surface area (Å²) < 4.78 is 32.2. The van der Waals surface area contributed by atoms with E-state index < -0.39 is 10.0 Å². The molecule has 6 nitrogen and oxygen atoms in total. The molecule has 0 amide bonds. The lowest BCUT2D eigenvalue weighted by Gasteiger charge is -2.35. The van der Waals surface area contributed by atoms with Crippen molar-refractivity contribution in [3.05, 3.63) is 24.0 Å². The quantitative estimate of drug-likeness (QED) is 0.861. The van der Waals surface area contributed by atoms with Gasteiger partial charge in [0.25, 0.3) is 0 Å². The zero-order chi connectivity index (χ0) is 13.9. The molecule has 1 N–H and O–H groups in total. The van der Waals surface area contributed by atoms with E-state index in [2.05, 4.69) is 9.71 Å². The van der Waals surface area contributed by atoms with Gasteiger partial charge in [0.1, 0.15) is 11.0 Å². The SMILES string of the molecule is CCOC1CC(NS(=O)(=O)c2cccnc2C#N)C1. The van der Waals surface area contributed by atoms with Crippen LogP contribution < -0.4 is 4.72 Å². The van der Waals surface area contributed by atoms with Crippen molar-refractivity contribution >= 4 is 10.0 Å². The molecule has 1 aromatic rings. The second-order valence-corrected chi connectivity index (χ2v) is 6.01. The minimum Gasteiger partial charge on any atom is -0.378 e. The average molecular weight is 281 g/mol. The number of nitriles is 1. The van der Waals surface area contributed by atoms with Gasteiger partial charge in [-0.3, -0.25) is 0 Å². The summed E-state index contributed by atoms with van der Waals surface area (Å²) in [6, 6.07) is 4.53. The van der Waals surface area contributed by atoms with Crippen molar-refractivity contribution in [3.63, 3.8) is 0 Å². The van der Waals surface area contributed by atoms with Crippen molar-refractivity contribution in [2.24, 2.45) is 0 Å². The van der Waals surface area contributed by atoms with Gasteiger partial charge in [0.15, 0.2) is 5.69 Å². The highest BCUT2D eigenvalue weighted by Crippen LogP contribution is 2.25. The maximum absolute atomic E-state index is 12.1. The summed E-state index contributed by atoms with van der Waals surface area (Å²) in [5.74, 6) is 0. The first-order chi connectivity index (χ1) is 9.06. The summed E-state index contributed by atoms with van der Waals surface area (Å²) in [7, 11) is -3.69. The lowest BCUT2D eigenvalue weighted by molar-refractivity contribution is -0.00475. The Labute approximate surface area is 112 Å². The number of sulfonamides is 1. The molecule has 7 heteroatoms. The maximum atomic E-state index is 12.1. The Bertz CT molecular complexity index is 588. The standard InChI is InChI=1S/C12H15N3O3S/c1-2-18-10-6-9(7-10)15-19(16,17)12-4-3-5-14-11(12)8-13/h3-5,9-10,15H,2,6-7H2,1H3. The van der Waals surface area contributed by atoms with E-state index in [1.807, 2.05) is 6.92 Å². The third-order valence-electron chi connectivity index (χ3n) is 2.99. The highest BCUT2D eigenvalue weighted by atomic mass is 32.2. The Morgan fingerprint density at radius 2 is 2.32 bits per heavy atom. The molecule has 1 aromatic heterocycles. The molecule has 1 heterocycles. The molecular formula is C12H15N3O3S. The predicted molar refractivity (Wildman–Crippen MR) is 67.7 cm³/mol. The molecule has 1 aliphatic carbocycles. The van der Waals surface area contributed by atoms with Crippen LogP contribution in [0.2, 0.25) is 0 Å². The second kappa shape index (κ2) is 5.65. The fourth-order valence-corrected chi connectivity index (χ4v) is 3.38. The monoisotopic (exact) mass is 281 g/mol. The van der Waals surface area contributed by atoms with Crippen molar-refractivity contribution in [1.82, 2.24) is 9.71 Å². The normalized spacial score (nSPS) is 22.5. The van der Waals surface area contributed by atoms with E-state index in [1.165, 1.54) is 18.3 Å². The number of pyridine rings is 1. The Kier molecular flexibility index (Phi) is 4.14. The van der Waals surface area contributed by atoms with Crippen LogP contribution in [0.1, 0.15) is 25.5 Å². The number of hydrogen-bond donors (Lipinski definition) is 1. The van der Waals surface area contributed by atoms with Crippen molar-refractivity contribution in [3.8, 4) is 6.07 Å². The Morgan fingerprint density at radius 3 is 2.95 bits per heavy atom. The van der Waals surface area contributed by atoms with E-state index in [4.69, 9.17) is 10.00 Å². The lowest BCUT2D eigenvalue weighted by atomic mass is 9.90. The van der Waals surface area contributed by atoms with Crippen molar-refractivity contribution in [1.29, 1.82) is 5.26 Å². The zero-order valence-corrected chi connectivity index (χ0v) is 11.4. The van der Waals surface area contributed by atoms with Gasteiger partial charge in [0.05, 0.1) is 6.10 Å². The lowest BCUT2D eigenvalue weighted by Crippen LogP contribution is -2.47. The summed E-state index contributed by atoms with van der Waals surface area (Å²) in [6.45, 7) is 2.54. The molecule has 0 spiro atoms. The Balaban J connectivity index is 2.06. The molecule has 0 bridgehead atoms. The molecule has 0 aromatic carbocycles. The predicted octanol–water partition coefficient (Wildman–Crippen LogP) is 0.799. The summed E-state index contributed by atoms with van der Waals surface area (Å²) >= 11 is 0. The van der Waals surface area contributed by atoms with Gasteiger partial charge >= 0.3 is 0 Å². The van der Waals surface area contributed by atoms with Crippen LogP contribution in [-0.4, -0.2) is 32.2 Å². The van der Waals surface area contributed by atoms with Crippen LogP contribution in [-0.2, 0) is 14.8 Å². The minimum atomic E-state index is -3.69. The topological polar surface area (TPSA) is 92.1 Å². The molecule has 19 heavy (non-hydrogen) atoms. The van der Waals surface area contributed by atoms with Crippen LogP contribution in [0, 0.1) is 11.3 Å². The molecule has 0 radical (unpaired) electrons. The maximum Gasteiger partial charge on any atom is 0.243 e. The van der Waals surface area contributed by atoms with Crippen LogP contribution in [0.25, 0.3) is 0 Å². The number of rotatable bonds is 5. The van der Waals surface area contributed by atoms with Gasteiger partial charge in [-0.05, 0) is 31.9 Å². The van der Waals surface area contributed by atoms with Gasteiger partial charge in [0.2, 0.25) is 10.0 Å². The first kappa shape index (κ1) is 13.9. The largest absolute Gasteiger partial charge is 0.378 e. The summed E-state index contributed by atoms with van der Waals surface area (Å²) in [5.41, 5.74) is -0.0873. The average Bonchev–Trinajstić information content (AvgIpc) is 2.36. The highest BCUT2D eigenvalue weighted by Gasteiger charge is 2.33. The van der Waals surface area contributed by atoms with Crippen LogP contribution in [0.3, 0.4) is 0 Å². The number of nitrogens with zero attached hydrogens (tertiary/aromatic N) is 2. The Morgan fingerprint density at radius 1 is 1.58 bits per heavy atom. The van der Waals surface area contributed by atoms with Gasteiger partial charge in [-0.1, -0.05) is 0 Å². The smallest absolute Gasteiger partial charge is 0.243 e. The van der Waals surface area contributed by atoms with Gasteiger partial charge in [-0.25, -0.2) is 18.1 Å². The number of hydrogen-bond acceptors (Lipinski definition) is 5. The molecule has 0 atom stereocenters. The third kappa shape index (κ3) is 3.10. The second-order valence-electron chi connectivity index (χ2n) is 4.33. The van der Waals surface area contributed by atoms with Crippen LogP contribution in [0.4, 0.5) is 0 Å². The first-order valence-corrected chi connectivity index (χ1v) is 7.54. The third-order valence-corrected chi connectivity index (χ3v) is 4.54. The fraction of sp³-hybridized carbons (Fsp3) is 0.500. The molecule has 0 aliphatic heterocycles. The summed E-state index contributed by atoms with van der Waals surface area (Å²) in [5, 5.41) is 8.87. The number of aromatic nitrogens is 1. The first-order valence-electron chi connectivity index (χ1n) is 6.06. The molecule has 1 fully saturated rings. The minimum absolute atomic E-state index is 0.0719. The highest BCUT2D eigenvalue weighted by molar-refractivity contribution is 7.89. The van der Waals surface area contributed by atoms with Gasteiger partial charge in [-0.2, -0.15) is 5.26 Å². The zero-order valence-electron chi connectivity index (χ0n) is 10.5. The fourth-order valence-electron chi connectivity index (χ4n) is 2.01. The van der Waals surface area contributed by atoms with Crippen molar-refractivity contribution in [2.75, 3.05) is 6.61 Å². The molecule has 2 rings (SSSR count). The van der Waals surface area contributed by atoms with E-state index in [1.54, 1.807) is 6.07 Å². The van der Waals surface area contributed by atoms with Crippen LogP contribution in [0.15, 0.2) is 23.2 Å². The van der Waals surface area contributed by atoms with E-state index in [0.29, 0.717) is 19.4 Å². The van der Waals surface area contributed by atoms with Crippen molar-refractivity contribution in [2.45, 2.75) is 36.8 Å². The number of nitrogens with one attached hydrogen (secondary N) is 1. The molecular weight excluding hydrogens is 266 g/mol. The van der Waals surface area contributed by atoms with E-state index in [9.17, 15) is 8.42 Å². The van der Waals surface area contributed by atoms with E-state index in [-0.39, 0.29) is 22.7 Å². The van der Waals surface area contributed by atoms with Crippen LogP contribution in [0.5, 0.6) is 0 Å². The summed E-state index contributed by atoms with van der Waals surface area (Å²) in [4.78, 5) is 3.68. The van der Waals surface area contributed by atoms with Crippen molar-refractivity contribution < 1.29 is 13.2 Å². The van der Waals surface area contributed by atoms with Gasteiger partial charge < -0.3 is 4.74 Å². The Hall–Kier alpha value is -1.49. The molecule has 0 saturated heterocycles. The van der Waals surface area contributed by atoms with Gasteiger partial charge in [-0.15, -0.1) is 0 Å². The molecule has 102 valence electrons. The number of ether oxygens (including phenoxy) is 1. The van der Waals surface area contributed by atoms with Gasteiger partial charge in [0, 0.05) is 18.8 Å². The van der Waals surface area contributed by atoms with Crippen LogP contribution >= 0.6 is 0 Å². The molecule has 1 saturated carbocycles. The van der Waals surface area contributed by atoms with E-state index >= 15 is 0 Å². The summed E-state index contributed by atoms with van der Waals surface area (Å²) in [6.07, 6.45) is 2.85. The van der Waals surface area contributed by atoms with E-state index in [0.717, 1.165) is 0 Å². The molecule has 1 aliphatic rings. The molecule has 0 unspecified atom stereocenters.